The highest BCUT2D eigenvalue weighted by molar-refractivity contribution is 7.89. The molecular formula is C17H23F4N3O5S. The first-order valence-corrected chi connectivity index (χ1v) is 10.5. The zero-order valence-electron chi connectivity index (χ0n) is 16.4. The van der Waals surface area contributed by atoms with Crippen molar-refractivity contribution in [3.8, 4) is 5.75 Å². The maximum absolute atomic E-state index is 14.5. The lowest BCUT2D eigenvalue weighted by Crippen LogP contribution is -2.78. The van der Waals surface area contributed by atoms with Gasteiger partial charge in [0.25, 0.3) is 0 Å². The number of ether oxygens (including phenoxy) is 1. The predicted octanol–water partition coefficient (Wildman–Crippen LogP) is 1.68. The van der Waals surface area contributed by atoms with Crippen LogP contribution in [0.15, 0.2) is 24.3 Å². The lowest BCUT2D eigenvalue weighted by atomic mass is 9.89. The van der Waals surface area contributed by atoms with E-state index in [-0.39, 0.29) is 18.7 Å². The number of hydrogen-bond acceptors (Lipinski definition) is 5. The molecule has 1 aliphatic rings. The highest BCUT2D eigenvalue weighted by Gasteiger charge is 2.71. The number of sulfonamides is 1. The number of hydrogen-bond donors (Lipinski definition) is 3. The Bertz CT molecular complexity index is 865. The number of nitrogens with one attached hydrogen (secondary N) is 2. The van der Waals surface area contributed by atoms with E-state index in [1.807, 2.05) is 0 Å². The van der Waals surface area contributed by atoms with Crippen molar-refractivity contribution in [2.45, 2.75) is 43.2 Å². The second-order valence-electron chi connectivity index (χ2n) is 6.59. The average molecular weight is 457 g/mol. The van der Waals surface area contributed by atoms with Crippen LogP contribution in [0.4, 0.5) is 22.4 Å². The molecule has 1 heterocycles. The molecule has 2 amide bonds. The summed E-state index contributed by atoms with van der Waals surface area (Å²) < 4.78 is 87.6. The Labute approximate surface area is 171 Å². The minimum Gasteiger partial charge on any atom is -0.497 e. The summed E-state index contributed by atoms with van der Waals surface area (Å²) >= 11 is 0. The van der Waals surface area contributed by atoms with Crippen LogP contribution in [0.2, 0.25) is 0 Å². The largest absolute Gasteiger partial charge is 0.497 e. The Morgan fingerprint density at radius 3 is 2.20 bits per heavy atom. The number of rotatable bonds is 8. The maximum atomic E-state index is 14.5. The summed E-state index contributed by atoms with van der Waals surface area (Å²) in [7, 11) is -3.47. The van der Waals surface area contributed by atoms with Crippen molar-refractivity contribution in [2.75, 3.05) is 20.2 Å². The molecule has 0 unspecified atom stereocenters. The fraction of sp³-hybridized carbons (Fsp3) is 0.588. The normalized spacial score (nSPS) is 25.2. The van der Waals surface area contributed by atoms with Gasteiger partial charge in [0.2, 0.25) is 15.7 Å². The summed E-state index contributed by atoms with van der Waals surface area (Å²) in [5.74, 6) is -4.93. The van der Waals surface area contributed by atoms with Crippen LogP contribution in [0.3, 0.4) is 0 Å². The molecule has 0 spiro atoms. The minimum atomic E-state index is -5.28. The molecule has 30 heavy (non-hydrogen) atoms. The van der Waals surface area contributed by atoms with Gasteiger partial charge in [0.1, 0.15) is 5.75 Å². The van der Waals surface area contributed by atoms with Crippen molar-refractivity contribution in [3.63, 3.8) is 0 Å². The van der Waals surface area contributed by atoms with Gasteiger partial charge >= 0.3 is 18.4 Å². The molecule has 1 aliphatic heterocycles. The number of methoxy groups -OCH3 is 1. The van der Waals surface area contributed by atoms with Gasteiger partial charge in [-0.1, -0.05) is 26.0 Å². The summed E-state index contributed by atoms with van der Waals surface area (Å²) in [6, 6.07) is 2.11. The summed E-state index contributed by atoms with van der Waals surface area (Å²) in [4.78, 5) is 12.0. The third kappa shape index (κ3) is 3.93. The van der Waals surface area contributed by atoms with Gasteiger partial charge in [-0.25, -0.2) is 26.3 Å². The third-order valence-electron chi connectivity index (χ3n) is 4.95. The first kappa shape index (κ1) is 24.2. The molecule has 1 aromatic carbocycles. The fourth-order valence-corrected chi connectivity index (χ4v) is 5.64. The second kappa shape index (κ2) is 8.55. The topological polar surface area (TPSA) is 108 Å². The molecule has 170 valence electrons. The maximum Gasteiger partial charge on any atom is 0.355 e. The van der Waals surface area contributed by atoms with Gasteiger partial charge in [-0.2, -0.15) is 8.78 Å². The number of amides is 2. The summed E-state index contributed by atoms with van der Waals surface area (Å²) in [6.45, 7) is 2.50. The van der Waals surface area contributed by atoms with E-state index < -0.39 is 45.4 Å². The van der Waals surface area contributed by atoms with E-state index in [0.717, 1.165) is 4.31 Å². The van der Waals surface area contributed by atoms with Crippen molar-refractivity contribution in [3.05, 3.63) is 29.8 Å². The van der Waals surface area contributed by atoms with E-state index in [9.17, 15) is 35.9 Å². The lowest BCUT2D eigenvalue weighted by molar-refractivity contribution is -0.255. The molecule has 1 aromatic rings. The predicted molar refractivity (Wildman–Crippen MR) is 98.9 cm³/mol. The number of nitrogens with zero attached hydrogens (tertiary/aromatic N) is 1. The molecule has 2 rings (SSSR count). The van der Waals surface area contributed by atoms with Crippen LogP contribution in [0.5, 0.6) is 5.75 Å². The zero-order valence-corrected chi connectivity index (χ0v) is 17.2. The Morgan fingerprint density at radius 2 is 1.77 bits per heavy atom. The summed E-state index contributed by atoms with van der Waals surface area (Å²) in [6.07, 6.45) is -4.45. The average Bonchev–Trinajstić information content (AvgIpc) is 2.67. The first-order valence-electron chi connectivity index (χ1n) is 8.96. The van der Waals surface area contributed by atoms with E-state index in [4.69, 9.17) is 4.74 Å². The van der Waals surface area contributed by atoms with Crippen molar-refractivity contribution >= 4 is 16.1 Å². The first-order chi connectivity index (χ1) is 13.9. The van der Waals surface area contributed by atoms with Crippen LogP contribution < -0.4 is 15.4 Å². The Morgan fingerprint density at radius 1 is 1.23 bits per heavy atom. The van der Waals surface area contributed by atoms with Gasteiger partial charge in [-0.15, -0.1) is 0 Å². The van der Waals surface area contributed by atoms with Crippen LogP contribution in [-0.4, -0.2) is 67.4 Å². The van der Waals surface area contributed by atoms with Crippen LogP contribution in [0.25, 0.3) is 0 Å². The van der Waals surface area contributed by atoms with E-state index in [1.165, 1.54) is 50.5 Å². The Kier molecular flexibility index (Phi) is 6.89. The minimum absolute atomic E-state index is 0.00475. The molecule has 3 atom stereocenters. The van der Waals surface area contributed by atoms with Crippen molar-refractivity contribution in [2.24, 2.45) is 0 Å². The number of carbonyl (C=O) groups is 1. The number of alkyl halides is 4. The van der Waals surface area contributed by atoms with E-state index in [0.29, 0.717) is 5.75 Å². The number of carbonyl (C=O) groups excluding carboxylic acids is 1. The van der Waals surface area contributed by atoms with Crippen LogP contribution in [0, 0.1) is 0 Å². The van der Waals surface area contributed by atoms with Crippen LogP contribution in [-0.2, 0) is 10.0 Å². The van der Waals surface area contributed by atoms with E-state index in [1.54, 1.807) is 0 Å². The highest BCUT2D eigenvalue weighted by Crippen LogP contribution is 2.44. The van der Waals surface area contributed by atoms with E-state index >= 15 is 0 Å². The second-order valence-corrected chi connectivity index (χ2v) is 8.64. The molecule has 3 N–H and O–H groups in total. The standard InChI is InChI=1S/C17H23F4N3O5S/c1-4-24(5-2)30(27,28)13-12(10-6-8-11(29-3)9-7-10)22-15(25)23-17(13,26)16(20,21)14(18)19/h6-9,12-14,26H,4-5H2,1-3H3,(H2,22,23,25)/t12-,13-,17+/m1/s1. The fourth-order valence-electron chi connectivity index (χ4n) is 3.38. The van der Waals surface area contributed by atoms with Crippen LogP contribution in [0.1, 0.15) is 25.5 Å². The van der Waals surface area contributed by atoms with E-state index in [2.05, 4.69) is 5.32 Å². The quantitative estimate of drug-likeness (QED) is 0.515. The molecule has 1 saturated heterocycles. The van der Waals surface area contributed by atoms with Crippen molar-refractivity contribution < 1.29 is 40.6 Å². The zero-order chi connectivity index (χ0) is 22.9. The van der Waals surface area contributed by atoms with Gasteiger partial charge < -0.3 is 20.5 Å². The summed E-state index contributed by atoms with van der Waals surface area (Å²) in [5, 5.41) is 11.6. The third-order valence-corrected chi connectivity index (χ3v) is 7.44. The summed E-state index contributed by atoms with van der Waals surface area (Å²) in [5.41, 5.74) is -4.09. The van der Waals surface area contributed by atoms with Crippen molar-refractivity contribution in [1.29, 1.82) is 0 Å². The highest BCUT2D eigenvalue weighted by atomic mass is 32.2. The van der Waals surface area contributed by atoms with Gasteiger partial charge in [-0.3, -0.25) is 0 Å². The molecule has 0 aromatic heterocycles. The van der Waals surface area contributed by atoms with Crippen LogP contribution >= 0.6 is 0 Å². The van der Waals surface area contributed by atoms with Gasteiger partial charge in [-0.05, 0) is 17.7 Å². The molecule has 1 fully saturated rings. The molecule has 0 saturated carbocycles. The molecule has 0 aliphatic carbocycles. The van der Waals surface area contributed by atoms with Gasteiger partial charge in [0, 0.05) is 13.1 Å². The molecule has 0 radical (unpaired) electrons. The van der Waals surface area contributed by atoms with Crippen molar-refractivity contribution in [1.82, 2.24) is 14.9 Å². The Hall–Kier alpha value is -2.12. The molecule has 13 heteroatoms. The lowest BCUT2D eigenvalue weighted by Gasteiger charge is -2.48. The number of benzene rings is 1. The molecule has 0 bridgehead atoms. The number of urea groups is 1. The molecule has 8 nitrogen and oxygen atoms in total. The number of aliphatic hydroxyl groups is 1. The van der Waals surface area contributed by atoms with Gasteiger partial charge in [0.05, 0.1) is 13.2 Å². The van der Waals surface area contributed by atoms with Gasteiger partial charge in [0.15, 0.2) is 5.25 Å². The monoisotopic (exact) mass is 457 g/mol. The smallest absolute Gasteiger partial charge is 0.355 e. The SMILES string of the molecule is CCN(CC)S(=O)(=O)[C@@H]1[C@@H](c2ccc(OC)cc2)NC(=O)N[C@@]1(O)C(F)(F)C(F)F. The number of halogens is 4. The molecular weight excluding hydrogens is 434 g/mol. The Balaban J connectivity index is 2.76.